The number of aryl methyl sites for hydroxylation is 1. The van der Waals surface area contributed by atoms with Gasteiger partial charge in [-0.1, -0.05) is 6.07 Å². The highest BCUT2D eigenvalue weighted by molar-refractivity contribution is 6.02. The Bertz CT molecular complexity index is 2010. The summed E-state index contributed by atoms with van der Waals surface area (Å²) in [6.07, 6.45) is -2.51. The van der Waals surface area contributed by atoms with Crippen LogP contribution in [0, 0.1) is 17.5 Å². The molecule has 0 radical (unpaired) electrons. The van der Waals surface area contributed by atoms with E-state index < -0.39 is 53.0 Å². The molecule has 14 heteroatoms. The summed E-state index contributed by atoms with van der Waals surface area (Å²) in [4.78, 5) is 18.3. The minimum atomic E-state index is -4.79. The molecule has 4 fully saturated rings. The molecule has 7 nitrogen and oxygen atoms in total. The fourth-order valence-corrected chi connectivity index (χ4v) is 9.30. The molecule has 49 heavy (non-hydrogen) atoms. The van der Waals surface area contributed by atoms with E-state index in [1.54, 1.807) is 0 Å². The lowest BCUT2D eigenvalue weighted by Crippen LogP contribution is -2.58. The highest BCUT2D eigenvalue weighted by atomic mass is 19.4. The number of pyridine rings is 1. The number of halogens is 7. The molecule has 5 atom stereocenters. The summed E-state index contributed by atoms with van der Waals surface area (Å²) in [5.74, 6) is -2.52. The summed E-state index contributed by atoms with van der Waals surface area (Å²) in [5.41, 5.74) is -1.70. The maximum absolute atomic E-state index is 17.1. The van der Waals surface area contributed by atoms with Gasteiger partial charge in [-0.15, -0.1) is 0 Å². The van der Waals surface area contributed by atoms with Gasteiger partial charge >= 0.3 is 12.2 Å². The summed E-state index contributed by atoms with van der Waals surface area (Å²) in [6.45, 7) is 1.80. The number of ether oxygens (including phenoxy) is 1. The second kappa shape index (κ2) is 11.1. The van der Waals surface area contributed by atoms with E-state index >= 15 is 13.2 Å². The van der Waals surface area contributed by atoms with Gasteiger partial charge in [0.15, 0.2) is 5.82 Å². The van der Waals surface area contributed by atoms with Gasteiger partial charge in [0, 0.05) is 48.8 Å². The van der Waals surface area contributed by atoms with Gasteiger partial charge in [0.05, 0.1) is 23.0 Å². The van der Waals surface area contributed by atoms with Crippen LogP contribution in [0.3, 0.4) is 0 Å². The molecule has 258 valence electrons. The minimum Gasteiger partial charge on any atom is -0.461 e. The molecule has 2 aromatic carbocycles. The van der Waals surface area contributed by atoms with Gasteiger partial charge < -0.3 is 15.0 Å². The Balaban J connectivity index is 1.24. The lowest BCUT2D eigenvalue weighted by molar-refractivity contribution is -0.127. The summed E-state index contributed by atoms with van der Waals surface area (Å²) >= 11 is 0. The molecule has 9 rings (SSSR count). The number of nitrogens with one attached hydrogen (secondary N) is 1. The molecule has 4 saturated heterocycles. The van der Waals surface area contributed by atoms with Crippen molar-refractivity contribution in [1.82, 2.24) is 25.2 Å². The molecule has 0 amide bonds. The van der Waals surface area contributed by atoms with Gasteiger partial charge in [-0.25, -0.2) is 22.5 Å². The average molecular weight is 687 g/mol. The third-order valence-corrected chi connectivity index (χ3v) is 11.3. The van der Waals surface area contributed by atoms with Crippen molar-refractivity contribution in [2.75, 3.05) is 31.1 Å². The second-order valence-electron chi connectivity index (χ2n) is 14.3. The number of benzene rings is 2. The normalized spacial score (nSPS) is 27.9. The Kier molecular flexibility index (Phi) is 7.08. The Hall–Kier alpha value is -3.78. The number of hydrogen-bond acceptors (Lipinski definition) is 7. The van der Waals surface area contributed by atoms with Crippen LogP contribution in [-0.4, -0.2) is 82.1 Å². The van der Waals surface area contributed by atoms with E-state index in [1.807, 2.05) is 0 Å². The molecule has 2 bridgehead atoms. The molecule has 7 heterocycles. The molecule has 5 aliphatic heterocycles. The Morgan fingerprint density at radius 3 is 2.69 bits per heavy atom. The van der Waals surface area contributed by atoms with Crippen LogP contribution >= 0.6 is 0 Å². The smallest absolute Gasteiger partial charge is 0.393 e. The van der Waals surface area contributed by atoms with Gasteiger partial charge in [-0.3, -0.25) is 4.90 Å². The Morgan fingerprint density at radius 2 is 1.86 bits per heavy atom. The van der Waals surface area contributed by atoms with Crippen LogP contribution in [0.5, 0.6) is 6.01 Å². The van der Waals surface area contributed by atoms with E-state index in [4.69, 9.17) is 9.72 Å². The molecule has 0 unspecified atom stereocenters. The first-order chi connectivity index (χ1) is 23.5. The van der Waals surface area contributed by atoms with Gasteiger partial charge in [0.2, 0.25) is 0 Å². The van der Waals surface area contributed by atoms with Crippen molar-refractivity contribution in [2.45, 2.75) is 87.4 Å². The first kappa shape index (κ1) is 31.2. The molecule has 0 spiro atoms. The zero-order chi connectivity index (χ0) is 33.8. The largest absolute Gasteiger partial charge is 0.461 e. The van der Waals surface area contributed by atoms with E-state index in [0.29, 0.717) is 49.2 Å². The van der Waals surface area contributed by atoms with Crippen LogP contribution in [0.2, 0.25) is 0 Å². The molecule has 0 aliphatic carbocycles. The third-order valence-electron chi connectivity index (χ3n) is 11.3. The first-order valence-electron chi connectivity index (χ1n) is 16.9. The number of hydrogen-bond donors (Lipinski definition) is 1. The van der Waals surface area contributed by atoms with E-state index in [9.17, 15) is 17.6 Å². The second-order valence-corrected chi connectivity index (χ2v) is 14.3. The topological polar surface area (TPSA) is 66.4 Å². The molecular formula is C35H33F7N6O. The van der Waals surface area contributed by atoms with Gasteiger partial charge in [-0.2, -0.15) is 23.1 Å². The van der Waals surface area contributed by atoms with E-state index in [-0.39, 0.29) is 52.6 Å². The predicted octanol–water partition coefficient (Wildman–Crippen LogP) is 6.58. The van der Waals surface area contributed by atoms with Crippen molar-refractivity contribution in [3.8, 4) is 17.3 Å². The molecular weight excluding hydrogens is 653 g/mol. The van der Waals surface area contributed by atoms with E-state index in [2.05, 4.69) is 25.1 Å². The number of anilines is 1. The van der Waals surface area contributed by atoms with Crippen molar-refractivity contribution in [2.24, 2.45) is 0 Å². The lowest BCUT2D eigenvalue weighted by Gasteiger charge is -2.41. The minimum absolute atomic E-state index is 0.000981. The van der Waals surface area contributed by atoms with Crippen molar-refractivity contribution in [3.05, 3.63) is 53.0 Å². The summed E-state index contributed by atoms with van der Waals surface area (Å²) in [5, 5.41) is 3.75. The Morgan fingerprint density at radius 1 is 1.00 bits per heavy atom. The summed E-state index contributed by atoms with van der Waals surface area (Å²) < 4.78 is 109. The molecule has 1 N–H and O–H groups in total. The monoisotopic (exact) mass is 686 g/mol. The van der Waals surface area contributed by atoms with Gasteiger partial charge in [-0.05, 0) is 74.0 Å². The first-order valence-corrected chi connectivity index (χ1v) is 16.9. The van der Waals surface area contributed by atoms with Crippen molar-refractivity contribution < 1.29 is 35.5 Å². The fraction of sp³-hybridized carbons (Fsp3) is 0.514. The summed E-state index contributed by atoms with van der Waals surface area (Å²) in [6, 6.07) is 4.19. The number of piperazine rings is 1. The molecule has 4 aromatic rings. The van der Waals surface area contributed by atoms with E-state index in [0.717, 1.165) is 50.4 Å². The van der Waals surface area contributed by atoms with Crippen LogP contribution in [0.1, 0.15) is 49.8 Å². The zero-order valence-corrected chi connectivity index (χ0v) is 26.4. The zero-order valence-electron chi connectivity index (χ0n) is 26.4. The fourth-order valence-electron chi connectivity index (χ4n) is 9.30. The highest BCUT2D eigenvalue weighted by Gasteiger charge is 2.50. The predicted molar refractivity (Wildman–Crippen MR) is 168 cm³/mol. The number of rotatable bonds is 5. The average Bonchev–Trinajstić information content (AvgIpc) is 3.68. The SMILES string of the molecule is Fc1cc(-c2nc3c4c(nc(OC[C@@]56CCCN5C[C@H](F)C6)nc4c2F)N2C[C@H]4CC[C@H](N4)[C@H]2CC3)c2c(CC(F)(F)F)c(F)ccc2c1. The standard InChI is InChI=1S/C35H33F7N6O/c36-18-10-17-2-4-23(38)22(13-35(40,41)42)27(17)21(11-18)30-29(39)31-28-25(44-30)6-7-26-24-5-3-20(43-24)15-48(26)32(28)46-33(45-31)49-16-34-8-1-9-47(34)14-19(37)12-34/h2,4,10-11,19-20,24,26,43H,1,3,5-9,12-16H2/t19-,20-,24+,26-,34+/m1/s1. The van der Waals surface area contributed by atoms with Crippen LogP contribution < -0.4 is 15.0 Å². The lowest BCUT2D eigenvalue weighted by atomic mass is 9.93. The number of nitrogens with zero attached hydrogens (tertiary/aromatic N) is 5. The Labute approximate surface area is 276 Å². The molecule has 2 aromatic heterocycles. The van der Waals surface area contributed by atoms with Crippen molar-refractivity contribution >= 4 is 27.5 Å². The number of fused-ring (bicyclic) bond motifs is 7. The van der Waals surface area contributed by atoms with Crippen molar-refractivity contribution in [3.63, 3.8) is 0 Å². The third kappa shape index (κ3) is 5.11. The number of aromatic nitrogens is 3. The maximum atomic E-state index is 17.1. The summed E-state index contributed by atoms with van der Waals surface area (Å²) in [7, 11) is 0. The maximum Gasteiger partial charge on any atom is 0.393 e. The van der Waals surface area contributed by atoms with Crippen LogP contribution in [0.15, 0.2) is 24.3 Å². The van der Waals surface area contributed by atoms with Crippen molar-refractivity contribution in [1.29, 1.82) is 0 Å². The van der Waals surface area contributed by atoms with Crippen LogP contribution in [0.4, 0.5) is 36.6 Å². The number of alkyl halides is 4. The highest BCUT2D eigenvalue weighted by Crippen LogP contribution is 2.45. The molecule has 0 saturated carbocycles. The van der Waals surface area contributed by atoms with E-state index in [1.165, 1.54) is 6.07 Å². The van der Waals surface area contributed by atoms with Crippen LogP contribution in [-0.2, 0) is 12.8 Å². The molecule has 5 aliphatic rings. The quantitative estimate of drug-likeness (QED) is 0.238. The van der Waals surface area contributed by atoms with Gasteiger partial charge in [0.25, 0.3) is 0 Å². The van der Waals surface area contributed by atoms with Gasteiger partial charge in [0.1, 0.15) is 41.4 Å². The van der Waals surface area contributed by atoms with Crippen LogP contribution in [0.25, 0.3) is 32.9 Å².